The molecule has 1 aliphatic rings. The van der Waals surface area contributed by atoms with E-state index in [1.807, 2.05) is 29.9 Å². The quantitative estimate of drug-likeness (QED) is 0.815. The summed E-state index contributed by atoms with van der Waals surface area (Å²) < 4.78 is 2.00. The molecule has 0 saturated heterocycles. The minimum absolute atomic E-state index is 0.256. The van der Waals surface area contributed by atoms with Gasteiger partial charge in [0.25, 0.3) is 0 Å². The maximum Gasteiger partial charge on any atom is 0.229 e. The van der Waals surface area contributed by atoms with Gasteiger partial charge in [0.05, 0.1) is 16.6 Å². The third kappa shape index (κ3) is 1.04. The highest BCUT2D eigenvalue weighted by atomic mass is 16.1. The lowest BCUT2D eigenvalue weighted by Gasteiger charge is -2.12. The molecule has 4 heteroatoms. The van der Waals surface area contributed by atoms with Crippen LogP contribution in [-0.4, -0.2) is 15.5 Å². The van der Waals surface area contributed by atoms with E-state index < -0.39 is 5.41 Å². The monoisotopic (exact) mass is 215 g/mol. The molecule has 0 radical (unpaired) electrons. The van der Waals surface area contributed by atoms with Gasteiger partial charge in [-0.25, -0.2) is 0 Å². The number of rotatable bonds is 2. The average Bonchev–Trinajstić information content (AvgIpc) is 3.00. The van der Waals surface area contributed by atoms with Crippen LogP contribution in [0.25, 0.3) is 10.9 Å². The van der Waals surface area contributed by atoms with Crippen molar-refractivity contribution >= 4 is 16.8 Å². The standard InChI is InChI=1S/C12H13N3O/c1-15-7-3-8-2-6-14-10(9(8)15)12(4-5-12)11(13)16/h2-3,6-7H,4-5H2,1H3,(H2,13,16). The van der Waals surface area contributed by atoms with Crippen molar-refractivity contribution < 1.29 is 4.79 Å². The molecule has 1 fully saturated rings. The predicted octanol–water partition coefficient (Wildman–Crippen LogP) is 1.09. The summed E-state index contributed by atoms with van der Waals surface area (Å²) in [7, 11) is 1.96. The molecule has 1 aliphatic carbocycles. The number of aromatic nitrogens is 2. The molecular formula is C12H13N3O. The second-order valence-corrected chi connectivity index (χ2v) is 4.47. The number of pyridine rings is 1. The van der Waals surface area contributed by atoms with Crippen LogP contribution in [0.4, 0.5) is 0 Å². The van der Waals surface area contributed by atoms with E-state index in [9.17, 15) is 4.79 Å². The summed E-state index contributed by atoms with van der Waals surface area (Å²) in [6, 6.07) is 3.98. The van der Waals surface area contributed by atoms with Crippen molar-refractivity contribution in [2.45, 2.75) is 18.3 Å². The highest BCUT2D eigenvalue weighted by molar-refractivity contribution is 5.95. The number of hydrogen-bond donors (Lipinski definition) is 1. The Bertz CT molecular complexity index is 581. The molecule has 0 aliphatic heterocycles. The molecule has 1 saturated carbocycles. The molecule has 3 rings (SSSR count). The van der Waals surface area contributed by atoms with Gasteiger partial charge in [0.15, 0.2) is 0 Å². The second-order valence-electron chi connectivity index (χ2n) is 4.47. The number of aryl methyl sites for hydroxylation is 1. The van der Waals surface area contributed by atoms with E-state index in [1.165, 1.54) is 0 Å². The molecule has 2 aromatic rings. The van der Waals surface area contributed by atoms with E-state index in [4.69, 9.17) is 5.73 Å². The summed E-state index contributed by atoms with van der Waals surface area (Å²) in [6.45, 7) is 0. The molecule has 2 N–H and O–H groups in total. The van der Waals surface area contributed by atoms with Gasteiger partial charge in [0, 0.05) is 24.8 Å². The van der Waals surface area contributed by atoms with Crippen molar-refractivity contribution in [3.8, 4) is 0 Å². The molecule has 16 heavy (non-hydrogen) atoms. The van der Waals surface area contributed by atoms with E-state index in [-0.39, 0.29) is 5.91 Å². The maximum atomic E-state index is 11.5. The zero-order valence-corrected chi connectivity index (χ0v) is 9.10. The summed E-state index contributed by atoms with van der Waals surface area (Å²) in [4.78, 5) is 15.9. The Morgan fingerprint density at radius 1 is 1.50 bits per heavy atom. The number of primary amides is 1. The molecule has 2 heterocycles. The van der Waals surface area contributed by atoms with Crippen LogP contribution in [0.1, 0.15) is 18.5 Å². The van der Waals surface area contributed by atoms with Crippen molar-refractivity contribution in [3.63, 3.8) is 0 Å². The van der Waals surface area contributed by atoms with Crippen molar-refractivity contribution in [2.75, 3.05) is 0 Å². The van der Waals surface area contributed by atoms with Gasteiger partial charge in [-0.2, -0.15) is 0 Å². The SMILES string of the molecule is Cn1ccc2ccnc(C3(C(N)=O)CC3)c21. The van der Waals surface area contributed by atoms with Gasteiger partial charge in [0.1, 0.15) is 0 Å². The summed E-state index contributed by atoms with van der Waals surface area (Å²) >= 11 is 0. The van der Waals surface area contributed by atoms with Crippen LogP contribution in [0.15, 0.2) is 24.5 Å². The van der Waals surface area contributed by atoms with Gasteiger partial charge in [-0.3, -0.25) is 9.78 Å². The Balaban J connectivity index is 2.32. The van der Waals surface area contributed by atoms with Crippen molar-refractivity contribution in [3.05, 3.63) is 30.2 Å². The van der Waals surface area contributed by atoms with Crippen LogP contribution >= 0.6 is 0 Å². The third-order valence-electron chi connectivity index (χ3n) is 3.46. The number of amides is 1. The van der Waals surface area contributed by atoms with E-state index in [0.717, 1.165) is 29.4 Å². The van der Waals surface area contributed by atoms with Crippen molar-refractivity contribution in [1.82, 2.24) is 9.55 Å². The molecule has 1 amide bonds. The minimum Gasteiger partial charge on any atom is -0.369 e. The zero-order chi connectivity index (χ0) is 11.3. The molecule has 0 spiro atoms. The van der Waals surface area contributed by atoms with Gasteiger partial charge in [0.2, 0.25) is 5.91 Å². The highest BCUT2D eigenvalue weighted by Gasteiger charge is 2.52. The fourth-order valence-electron chi connectivity index (χ4n) is 2.32. The first kappa shape index (κ1) is 9.39. The number of fused-ring (bicyclic) bond motifs is 1. The van der Waals surface area contributed by atoms with E-state index in [1.54, 1.807) is 6.20 Å². The van der Waals surface area contributed by atoms with Gasteiger partial charge in [-0.05, 0) is 25.0 Å². The minimum atomic E-state index is -0.508. The smallest absolute Gasteiger partial charge is 0.229 e. The Morgan fingerprint density at radius 2 is 2.25 bits per heavy atom. The normalized spacial score (nSPS) is 17.6. The Kier molecular flexibility index (Phi) is 1.67. The van der Waals surface area contributed by atoms with E-state index in [2.05, 4.69) is 4.98 Å². The Labute approximate surface area is 93.1 Å². The summed E-state index contributed by atoms with van der Waals surface area (Å²) in [6.07, 6.45) is 5.37. The van der Waals surface area contributed by atoms with Crippen LogP contribution in [0.2, 0.25) is 0 Å². The van der Waals surface area contributed by atoms with Crippen molar-refractivity contribution in [1.29, 1.82) is 0 Å². The third-order valence-corrected chi connectivity index (χ3v) is 3.46. The van der Waals surface area contributed by atoms with E-state index >= 15 is 0 Å². The summed E-state index contributed by atoms with van der Waals surface area (Å²) in [5.74, 6) is -0.256. The van der Waals surface area contributed by atoms with Gasteiger partial charge < -0.3 is 10.3 Å². The first-order valence-corrected chi connectivity index (χ1v) is 5.35. The molecule has 4 nitrogen and oxygen atoms in total. The Hall–Kier alpha value is -1.84. The lowest BCUT2D eigenvalue weighted by atomic mass is 9.99. The maximum absolute atomic E-state index is 11.5. The largest absolute Gasteiger partial charge is 0.369 e. The van der Waals surface area contributed by atoms with Crippen molar-refractivity contribution in [2.24, 2.45) is 12.8 Å². The fraction of sp³-hybridized carbons (Fsp3) is 0.333. The molecule has 0 bridgehead atoms. The van der Waals surface area contributed by atoms with Gasteiger partial charge in [-0.15, -0.1) is 0 Å². The number of nitrogens with two attached hydrogens (primary N) is 1. The summed E-state index contributed by atoms with van der Waals surface area (Å²) in [5, 5.41) is 1.11. The van der Waals surface area contributed by atoms with Crippen LogP contribution in [0.3, 0.4) is 0 Å². The number of hydrogen-bond acceptors (Lipinski definition) is 2. The average molecular weight is 215 g/mol. The first-order chi connectivity index (χ1) is 7.65. The number of carbonyl (C=O) groups is 1. The highest BCUT2D eigenvalue weighted by Crippen LogP contribution is 2.49. The van der Waals surface area contributed by atoms with Crippen LogP contribution in [0, 0.1) is 0 Å². The molecule has 0 aromatic carbocycles. The molecule has 0 unspecified atom stereocenters. The molecule has 82 valence electrons. The lowest BCUT2D eigenvalue weighted by molar-refractivity contribution is -0.120. The zero-order valence-electron chi connectivity index (χ0n) is 9.10. The first-order valence-electron chi connectivity index (χ1n) is 5.35. The predicted molar refractivity (Wildman–Crippen MR) is 60.8 cm³/mol. The molecule has 2 aromatic heterocycles. The molecular weight excluding hydrogens is 202 g/mol. The number of nitrogens with zero attached hydrogens (tertiary/aromatic N) is 2. The molecule has 0 atom stereocenters. The van der Waals surface area contributed by atoms with E-state index in [0.29, 0.717) is 0 Å². The fourth-order valence-corrected chi connectivity index (χ4v) is 2.32. The van der Waals surface area contributed by atoms with Gasteiger partial charge >= 0.3 is 0 Å². The lowest BCUT2D eigenvalue weighted by Crippen LogP contribution is -2.29. The topological polar surface area (TPSA) is 60.9 Å². The Morgan fingerprint density at radius 3 is 2.88 bits per heavy atom. The number of carbonyl (C=O) groups excluding carboxylic acids is 1. The summed E-state index contributed by atoms with van der Waals surface area (Å²) in [5.41, 5.74) is 6.84. The van der Waals surface area contributed by atoms with Crippen LogP contribution in [-0.2, 0) is 17.3 Å². The van der Waals surface area contributed by atoms with Crippen LogP contribution in [0.5, 0.6) is 0 Å². The van der Waals surface area contributed by atoms with Crippen LogP contribution < -0.4 is 5.73 Å². The van der Waals surface area contributed by atoms with Gasteiger partial charge in [-0.1, -0.05) is 0 Å². The second kappa shape index (κ2) is 2.84.